The highest BCUT2D eigenvalue weighted by atomic mass is 16.3. The highest BCUT2D eigenvalue weighted by molar-refractivity contribution is 5.94. The van der Waals surface area contributed by atoms with Gasteiger partial charge in [-0.3, -0.25) is 14.5 Å². The maximum absolute atomic E-state index is 12.5. The fourth-order valence-electron chi connectivity index (χ4n) is 2.57. The second-order valence-electron chi connectivity index (χ2n) is 5.70. The van der Waals surface area contributed by atoms with Gasteiger partial charge in [0, 0.05) is 26.7 Å². The molecule has 0 saturated carbocycles. The molecule has 1 aromatic rings. The summed E-state index contributed by atoms with van der Waals surface area (Å²) in [5.41, 5.74) is 0.206. The normalized spacial score (nSPS) is 18.1. The van der Waals surface area contributed by atoms with E-state index < -0.39 is 0 Å². The molecule has 2 N–H and O–H groups in total. The van der Waals surface area contributed by atoms with E-state index in [9.17, 15) is 14.7 Å². The number of carbonyl (C=O) groups excluding carboxylic acids is 2. The lowest BCUT2D eigenvalue weighted by Gasteiger charge is -2.19. The third-order valence-corrected chi connectivity index (χ3v) is 3.77. The molecule has 23 heavy (non-hydrogen) atoms. The van der Waals surface area contributed by atoms with Gasteiger partial charge in [0.1, 0.15) is 6.26 Å². The fourth-order valence-corrected chi connectivity index (χ4v) is 2.57. The van der Waals surface area contributed by atoms with Gasteiger partial charge in [0.25, 0.3) is 5.91 Å². The summed E-state index contributed by atoms with van der Waals surface area (Å²) >= 11 is 0. The van der Waals surface area contributed by atoms with E-state index in [0.717, 1.165) is 19.4 Å². The van der Waals surface area contributed by atoms with Gasteiger partial charge in [-0.1, -0.05) is 6.92 Å². The summed E-state index contributed by atoms with van der Waals surface area (Å²) in [5.74, 6) is -0.0904. The molecule has 0 bridgehead atoms. The summed E-state index contributed by atoms with van der Waals surface area (Å²) < 4.78 is 5.36. The Bertz CT molecular complexity index is 545. The summed E-state index contributed by atoms with van der Waals surface area (Å²) in [7, 11) is 1.54. The van der Waals surface area contributed by atoms with Gasteiger partial charge in [-0.05, 0) is 12.8 Å². The number of aliphatic hydroxyl groups is 1. The van der Waals surface area contributed by atoms with E-state index in [1.54, 1.807) is 0 Å². The minimum Gasteiger partial charge on any atom is -0.447 e. The lowest BCUT2D eigenvalue weighted by molar-refractivity contribution is -0.121. The molecule has 8 nitrogen and oxygen atoms in total. The summed E-state index contributed by atoms with van der Waals surface area (Å²) in [6, 6.07) is 0. The molecule has 0 unspecified atom stereocenters. The molecule has 1 aliphatic heterocycles. The number of aliphatic hydroxyl groups excluding tert-OH is 1. The number of nitrogens with one attached hydrogen (secondary N) is 1. The molecule has 1 fully saturated rings. The average Bonchev–Trinajstić information content (AvgIpc) is 3.15. The second kappa shape index (κ2) is 8.07. The molecule has 128 valence electrons. The van der Waals surface area contributed by atoms with Gasteiger partial charge >= 0.3 is 0 Å². The molecule has 1 aliphatic rings. The zero-order valence-corrected chi connectivity index (χ0v) is 13.6. The number of aromatic nitrogens is 1. The van der Waals surface area contributed by atoms with Gasteiger partial charge < -0.3 is 19.7 Å². The van der Waals surface area contributed by atoms with Crippen LogP contribution in [0.15, 0.2) is 10.7 Å². The molecule has 2 amide bonds. The van der Waals surface area contributed by atoms with E-state index in [2.05, 4.69) is 10.3 Å². The molecule has 2 rings (SSSR count). The van der Waals surface area contributed by atoms with Crippen molar-refractivity contribution in [2.45, 2.75) is 32.4 Å². The van der Waals surface area contributed by atoms with Gasteiger partial charge in [-0.25, -0.2) is 4.98 Å². The maximum atomic E-state index is 12.5. The molecule has 0 aliphatic carbocycles. The monoisotopic (exact) mass is 324 g/mol. The van der Waals surface area contributed by atoms with Gasteiger partial charge in [0.2, 0.25) is 11.8 Å². The number of hydrogen-bond acceptors (Lipinski definition) is 6. The van der Waals surface area contributed by atoms with Gasteiger partial charge in [0.15, 0.2) is 5.69 Å². The molecule has 0 radical (unpaired) electrons. The first kappa shape index (κ1) is 17.4. The van der Waals surface area contributed by atoms with Crippen molar-refractivity contribution in [1.29, 1.82) is 0 Å². The predicted molar refractivity (Wildman–Crippen MR) is 82.7 cm³/mol. The van der Waals surface area contributed by atoms with E-state index in [4.69, 9.17) is 4.42 Å². The zero-order chi connectivity index (χ0) is 16.8. The van der Waals surface area contributed by atoms with Gasteiger partial charge in [-0.15, -0.1) is 0 Å². The van der Waals surface area contributed by atoms with Crippen molar-refractivity contribution in [2.75, 3.05) is 33.2 Å². The molecule has 0 aromatic carbocycles. The zero-order valence-electron chi connectivity index (χ0n) is 13.6. The molecule has 1 aromatic heterocycles. The Labute approximate surface area is 135 Å². The Kier molecular flexibility index (Phi) is 6.12. The number of β-amino-alcohol motifs (C(OH)–C–C–N with tert-alkyl or cyclic N) is 1. The van der Waals surface area contributed by atoms with Crippen LogP contribution in [0.5, 0.6) is 0 Å². The van der Waals surface area contributed by atoms with Crippen LogP contribution in [0.4, 0.5) is 0 Å². The number of amides is 2. The Hall–Kier alpha value is -1.93. The van der Waals surface area contributed by atoms with Crippen molar-refractivity contribution in [1.82, 2.24) is 20.1 Å². The van der Waals surface area contributed by atoms with Crippen LogP contribution >= 0.6 is 0 Å². The Morgan fingerprint density at radius 3 is 2.96 bits per heavy atom. The first-order valence-electron chi connectivity index (χ1n) is 7.88. The number of nitrogens with zero attached hydrogens (tertiary/aromatic N) is 3. The summed E-state index contributed by atoms with van der Waals surface area (Å²) in [6.45, 7) is 4.26. The molecule has 8 heteroatoms. The summed E-state index contributed by atoms with van der Waals surface area (Å²) in [5, 5.41) is 12.0. The van der Waals surface area contributed by atoms with Crippen LogP contribution in [0.1, 0.15) is 36.1 Å². The van der Waals surface area contributed by atoms with Crippen molar-refractivity contribution in [2.24, 2.45) is 0 Å². The highest BCUT2D eigenvalue weighted by Gasteiger charge is 2.24. The molecular formula is C15H24N4O4. The van der Waals surface area contributed by atoms with Crippen molar-refractivity contribution in [3.05, 3.63) is 17.8 Å². The second-order valence-corrected chi connectivity index (χ2v) is 5.70. The van der Waals surface area contributed by atoms with E-state index in [1.807, 2.05) is 11.8 Å². The Morgan fingerprint density at radius 2 is 2.35 bits per heavy atom. The highest BCUT2D eigenvalue weighted by Crippen LogP contribution is 2.14. The van der Waals surface area contributed by atoms with E-state index in [-0.39, 0.29) is 30.2 Å². The third-order valence-electron chi connectivity index (χ3n) is 3.77. The number of carbonyl (C=O) groups is 2. The van der Waals surface area contributed by atoms with E-state index in [0.29, 0.717) is 25.5 Å². The summed E-state index contributed by atoms with van der Waals surface area (Å²) in [4.78, 5) is 31.7. The lowest BCUT2D eigenvalue weighted by atomic mass is 10.3. The summed E-state index contributed by atoms with van der Waals surface area (Å²) in [6.07, 6.45) is 2.51. The number of likely N-dealkylation sites (N-methyl/N-ethyl adjacent to an activating group) is 1. The van der Waals surface area contributed by atoms with Crippen LogP contribution in [0.3, 0.4) is 0 Å². The van der Waals surface area contributed by atoms with Crippen LogP contribution in [0.25, 0.3) is 0 Å². The Morgan fingerprint density at radius 1 is 1.57 bits per heavy atom. The van der Waals surface area contributed by atoms with Crippen molar-refractivity contribution in [3.63, 3.8) is 0 Å². The van der Waals surface area contributed by atoms with Gasteiger partial charge in [0.05, 0.1) is 19.2 Å². The number of rotatable bonds is 7. The van der Waals surface area contributed by atoms with Crippen LogP contribution < -0.4 is 5.32 Å². The maximum Gasteiger partial charge on any atom is 0.276 e. The van der Waals surface area contributed by atoms with Crippen LogP contribution in [0.2, 0.25) is 0 Å². The van der Waals surface area contributed by atoms with Crippen molar-refractivity contribution >= 4 is 11.8 Å². The first-order valence-corrected chi connectivity index (χ1v) is 7.88. The Balaban J connectivity index is 1.99. The third kappa shape index (κ3) is 4.77. The molecule has 0 spiro atoms. The van der Waals surface area contributed by atoms with Crippen LogP contribution in [-0.4, -0.2) is 71.0 Å². The number of hydrogen-bond donors (Lipinski definition) is 2. The van der Waals surface area contributed by atoms with Crippen molar-refractivity contribution < 1.29 is 19.1 Å². The number of oxazole rings is 1. The van der Waals surface area contributed by atoms with Crippen LogP contribution in [0, 0.1) is 0 Å². The van der Waals surface area contributed by atoms with E-state index in [1.165, 1.54) is 18.2 Å². The fraction of sp³-hybridized carbons (Fsp3) is 0.667. The largest absolute Gasteiger partial charge is 0.447 e. The van der Waals surface area contributed by atoms with Crippen molar-refractivity contribution in [3.8, 4) is 0 Å². The predicted octanol–water partition coefficient (Wildman–Crippen LogP) is -0.161. The molecular weight excluding hydrogens is 300 g/mol. The quantitative estimate of drug-likeness (QED) is 0.723. The smallest absolute Gasteiger partial charge is 0.276 e. The first-order chi connectivity index (χ1) is 11.0. The lowest BCUT2D eigenvalue weighted by Crippen LogP contribution is -2.40. The average molecular weight is 324 g/mol. The SMILES string of the molecule is CCCN(CC(=O)NC)C(=O)c1coc(CN2CC[C@H](O)C2)n1. The molecule has 1 saturated heterocycles. The van der Waals surface area contributed by atoms with Crippen LogP contribution in [-0.2, 0) is 11.3 Å². The molecule has 2 heterocycles. The molecule has 1 atom stereocenters. The number of likely N-dealkylation sites (tertiary alicyclic amines) is 1. The standard InChI is InChI=1S/C15H24N4O4/c1-3-5-19(8-13(21)16-2)15(22)12-10-23-14(17-12)9-18-6-4-11(20)7-18/h10-11,20H,3-9H2,1-2H3,(H,16,21)/t11-/m0/s1. The topological polar surface area (TPSA) is 98.9 Å². The van der Waals surface area contributed by atoms with Gasteiger partial charge in [-0.2, -0.15) is 0 Å². The minimum absolute atomic E-state index is 0.00365. The minimum atomic E-state index is -0.313. The van der Waals surface area contributed by atoms with E-state index >= 15 is 0 Å².